The molecule has 0 saturated carbocycles. The van der Waals surface area contributed by atoms with Gasteiger partial charge in [-0.15, -0.1) is 0 Å². The van der Waals surface area contributed by atoms with E-state index in [4.69, 9.17) is 10.00 Å². The Labute approximate surface area is 251 Å². The molecule has 0 radical (unpaired) electrons. The summed E-state index contributed by atoms with van der Waals surface area (Å²) in [6, 6.07) is 14.4. The number of nitrogens with zero attached hydrogens (tertiary/aromatic N) is 5. The van der Waals surface area contributed by atoms with Crippen molar-refractivity contribution in [3.05, 3.63) is 59.2 Å². The van der Waals surface area contributed by atoms with Gasteiger partial charge < -0.3 is 19.4 Å². The average molecular weight is 585 g/mol. The maximum atomic E-state index is 13.5. The third-order valence-electron chi connectivity index (χ3n) is 8.99. The van der Waals surface area contributed by atoms with E-state index in [1.165, 1.54) is 4.90 Å². The Bertz CT molecular complexity index is 1450. The minimum absolute atomic E-state index is 0.109. The molecule has 0 aliphatic carbocycles. The highest BCUT2D eigenvalue weighted by Crippen LogP contribution is 2.33. The summed E-state index contributed by atoms with van der Waals surface area (Å²) in [4.78, 5) is 58.5. The molecule has 4 amide bonds. The van der Waals surface area contributed by atoms with Crippen LogP contribution in [-0.2, 0) is 20.9 Å². The normalized spacial score (nSPS) is 22.4. The van der Waals surface area contributed by atoms with Crippen molar-refractivity contribution in [2.24, 2.45) is 0 Å². The highest BCUT2D eigenvalue weighted by atomic mass is 16.5. The van der Waals surface area contributed by atoms with Crippen molar-refractivity contribution >= 4 is 29.3 Å². The number of benzene rings is 2. The Balaban J connectivity index is 0.984. The molecular weight excluding hydrogens is 548 g/mol. The molecule has 11 nitrogen and oxygen atoms in total. The number of carbonyl (C=O) groups is 4. The highest BCUT2D eigenvalue weighted by molar-refractivity contribution is 6.05. The van der Waals surface area contributed by atoms with Crippen molar-refractivity contribution in [3.8, 4) is 11.8 Å². The van der Waals surface area contributed by atoms with Gasteiger partial charge in [-0.1, -0.05) is 6.07 Å². The first kappa shape index (κ1) is 28.7. The van der Waals surface area contributed by atoms with E-state index in [0.29, 0.717) is 43.0 Å². The number of nitrogens with one attached hydrogen (secondary N) is 1. The number of amides is 4. The van der Waals surface area contributed by atoms with Gasteiger partial charge in [0.1, 0.15) is 11.8 Å². The van der Waals surface area contributed by atoms with Crippen molar-refractivity contribution < 1.29 is 23.9 Å². The molecule has 43 heavy (non-hydrogen) atoms. The maximum Gasteiger partial charge on any atom is 0.255 e. The molecule has 4 aliphatic rings. The molecule has 3 fully saturated rings. The smallest absolute Gasteiger partial charge is 0.255 e. The first-order valence-corrected chi connectivity index (χ1v) is 15.1. The Kier molecular flexibility index (Phi) is 8.29. The first-order valence-electron chi connectivity index (χ1n) is 15.1. The lowest BCUT2D eigenvalue weighted by molar-refractivity contribution is -0.137. The third-order valence-corrected chi connectivity index (χ3v) is 8.99. The Morgan fingerprint density at radius 1 is 1.00 bits per heavy atom. The van der Waals surface area contributed by atoms with Crippen molar-refractivity contribution in [1.29, 1.82) is 5.26 Å². The topological polar surface area (TPSA) is 126 Å². The van der Waals surface area contributed by atoms with Gasteiger partial charge in [0.05, 0.1) is 30.8 Å². The standard InChI is InChI=1S/C32H36N6O5/c33-20-22-7-9-23(10-8-22)35-15-17-37(18-16-35)32(42)27-5-2-13-36(27)14-3-19-43-28-6-1-4-24-25(28)21-38(31(24)41)26-11-12-29(39)34-30(26)40/h1,4,6-10,26-27H,2-3,5,11-19,21H2,(H,34,39,40). The van der Waals surface area contributed by atoms with Crippen molar-refractivity contribution in [3.63, 3.8) is 0 Å². The average Bonchev–Trinajstić information content (AvgIpc) is 3.64. The summed E-state index contributed by atoms with van der Waals surface area (Å²) in [6.07, 6.45) is 3.13. The lowest BCUT2D eigenvalue weighted by Crippen LogP contribution is -2.53. The zero-order chi connectivity index (χ0) is 29.9. The number of hydrogen-bond donors (Lipinski definition) is 1. The van der Waals surface area contributed by atoms with Crippen LogP contribution in [0, 0.1) is 11.3 Å². The molecule has 224 valence electrons. The molecule has 2 aromatic carbocycles. The summed E-state index contributed by atoms with van der Waals surface area (Å²) >= 11 is 0. The zero-order valence-corrected chi connectivity index (χ0v) is 24.2. The van der Waals surface area contributed by atoms with E-state index < -0.39 is 11.9 Å². The highest BCUT2D eigenvalue weighted by Gasteiger charge is 2.40. The SMILES string of the molecule is N#Cc1ccc(N2CCN(C(=O)C3CCCN3CCCOc3cccc4c3CN(C3CCC(=O)NC3=O)C4=O)CC2)cc1. The Morgan fingerprint density at radius 2 is 1.79 bits per heavy atom. The lowest BCUT2D eigenvalue weighted by Gasteiger charge is -2.38. The molecule has 0 spiro atoms. The number of likely N-dealkylation sites (tertiary alicyclic amines) is 1. The number of carbonyl (C=O) groups excluding carboxylic acids is 4. The number of fused-ring (bicyclic) bond motifs is 1. The minimum atomic E-state index is -0.658. The summed E-state index contributed by atoms with van der Waals surface area (Å²) in [5, 5.41) is 11.4. The van der Waals surface area contributed by atoms with Crippen molar-refractivity contribution in [1.82, 2.24) is 20.0 Å². The molecule has 11 heteroatoms. The van der Waals surface area contributed by atoms with Gasteiger partial charge in [0, 0.05) is 56.0 Å². The molecule has 2 unspecified atom stereocenters. The van der Waals surface area contributed by atoms with Crippen LogP contribution in [0.25, 0.3) is 0 Å². The summed E-state index contributed by atoms with van der Waals surface area (Å²) in [7, 11) is 0. The number of hydrogen-bond acceptors (Lipinski definition) is 8. The van der Waals surface area contributed by atoms with Crippen molar-refractivity contribution in [2.75, 3.05) is 50.8 Å². The number of ether oxygens (including phenoxy) is 1. The van der Waals surface area contributed by atoms with Crippen LogP contribution in [0.4, 0.5) is 5.69 Å². The predicted molar refractivity (Wildman–Crippen MR) is 157 cm³/mol. The van der Waals surface area contributed by atoms with E-state index in [1.807, 2.05) is 35.2 Å². The van der Waals surface area contributed by atoms with Crippen LogP contribution in [0.5, 0.6) is 5.75 Å². The second kappa shape index (κ2) is 12.4. The van der Waals surface area contributed by atoms with Crippen LogP contribution in [0.1, 0.15) is 53.6 Å². The van der Waals surface area contributed by atoms with E-state index in [1.54, 1.807) is 12.1 Å². The third kappa shape index (κ3) is 5.92. The van der Waals surface area contributed by atoms with E-state index in [-0.39, 0.29) is 36.7 Å². The molecule has 0 aromatic heterocycles. The van der Waals surface area contributed by atoms with Crippen molar-refractivity contribution in [2.45, 2.75) is 50.7 Å². The molecule has 1 N–H and O–H groups in total. The fourth-order valence-corrected chi connectivity index (χ4v) is 6.66. The van der Waals surface area contributed by atoms with E-state index in [2.05, 4.69) is 21.2 Å². The Hall–Kier alpha value is -4.43. The quantitative estimate of drug-likeness (QED) is 0.368. The second-order valence-corrected chi connectivity index (χ2v) is 11.5. The molecule has 2 atom stereocenters. The van der Waals surface area contributed by atoms with Gasteiger partial charge >= 0.3 is 0 Å². The fraction of sp³-hybridized carbons (Fsp3) is 0.469. The van der Waals surface area contributed by atoms with Gasteiger partial charge in [-0.2, -0.15) is 5.26 Å². The molecule has 6 rings (SSSR count). The lowest BCUT2D eigenvalue weighted by atomic mass is 10.0. The second-order valence-electron chi connectivity index (χ2n) is 11.5. The van der Waals surface area contributed by atoms with Gasteiger partial charge in [0.15, 0.2) is 0 Å². The Morgan fingerprint density at radius 3 is 2.53 bits per heavy atom. The van der Waals surface area contributed by atoms with E-state index in [0.717, 1.165) is 56.7 Å². The van der Waals surface area contributed by atoms with Crippen LogP contribution in [-0.4, -0.2) is 96.3 Å². The number of piperazine rings is 1. The largest absolute Gasteiger partial charge is 0.493 e. The van der Waals surface area contributed by atoms with E-state index in [9.17, 15) is 19.2 Å². The molecule has 0 bridgehead atoms. The fourth-order valence-electron chi connectivity index (χ4n) is 6.66. The van der Waals surface area contributed by atoms with Crippen LogP contribution in [0.2, 0.25) is 0 Å². The van der Waals surface area contributed by atoms with Crippen LogP contribution >= 0.6 is 0 Å². The molecule has 3 saturated heterocycles. The summed E-state index contributed by atoms with van der Waals surface area (Å²) < 4.78 is 6.14. The number of rotatable bonds is 8. The first-order chi connectivity index (χ1) is 20.9. The van der Waals surface area contributed by atoms with Gasteiger partial charge in [-0.3, -0.25) is 29.4 Å². The molecule has 4 heterocycles. The number of piperidine rings is 1. The number of anilines is 1. The van der Waals surface area contributed by atoms with Gasteiger partial charge in [0.2, 0.25) is 17.7 Å². The summed E-state index contributed by atoms with van der Waals surface area (Å²) in [5.41, 5.74) is 3.02. The van der Waals surface area contributed by atoms with Crippen LogP contribution in [0.15, 0.2) is 42.5 Å². The van der Waals surface area contributed by atoms with Gasteiger partial charge in [0.25, 0.3) is 5.91 Å². The van der Waals surface area contributed by atoms with E-state index >= 15 is 0 Å². The van der Waals surface area contributed by atoms with Crippen LogP contribution in [0.3, 0.4) is 0 Å². The summed E-state index contributed by atoms with van der Waals surface area (Å²) in [5.74, 6) is -0.117. The monoisotopic (exact) mass is 584 g/mol. The molecular formula is C32H36N6O5. The minimum Gasteiger partial charge on any atom is -0.493 e. The van der Waals surface area contributed by atoms with Gasteiger partial charge in [-0.25, -0.2) is 0 Å². The number of imide groups is 1. The zero-order valence-electron chi connectivity index (χ0n) is 24.2. The molecule has 4 aliphatic heterocycles. The maximum absolute atomic E-state index is 13.5. The summed E-state index contributed by atoms with van der Waals surface area (Å²) in [6.45, 7) is 5.25. The molecule has 2 aromatic rings. The predicted octanol–water partition coefficient (Wildman–Crippen LogP) is 1.90. The number of nitriles is 1. The van der Waals surface area contributed by atoms with Crippen LogP contribution < -0.4 is 15.0 Å². The van der Waals surface area contributed by atoms with Gasteiger partial charge in [-0.05, 0) is 68.6 Å².